The summed E-state index contributed by atoms with van der Waals surface area (Å²) in [6.45, 7) is 1.41. The number of hydrogen-bond acceptors (Lipinski definition) is 2. The molecule has 0 aromatic carbocycles. The normalized spacial score (nSPS) is 29.6. The maximum atomic E-state index is 11.8. The molecule has 0 aromatic heterocycles. The minimum atomic E-state index is -2.93. The third-order valence-electron chi connectivity index (χ3n) is 3.07. The Bertz CT molecular complexity index is 300. The van der Waals surface area contributed by atoms with E-state index >= 15 is 0 Å². The molecule has 1 saturated carbocycles. The highest BCUT2D eigenvalue weighted by molar-refractivity contribution is 7.90. The SMILES string of the molecule is O=S(=O)(C1CC1)N1CCC(CCCl)C1. The van der Waals surface area contributed by atoms with Crippen molar-refractivity contribution < 1.29 is 8.42 Å². The fraction of sp³-hybridized carbons (Fsp3) is 1.00. The molecule has 2 fully saturated rings. The molecule has 14 heavy (non-hydrogen) atoms. The third kappa shape index (κ3) is 2.07. The monoisotopic (exact) mass is 237 g/mol. The molecule has 1 heterocycles. The first-order valence-electron chi connectivity index (χ1n) is 5.19. The molecular weight excluding hydrogens is 222 g/mol. The van der Waals surface area contributed by atoms with E-state index in [1.165, 1.54) is 0 Å². The van der Waals surface area contributed by atoms with Gasteiger partial charge in [-0.1, -0.05) is 0 Å². The molecule has 2 aliphatic rings. The Kier molecular flexibility index (Phi) is 3.05. The van der Waals surface area contributed by atoms with E-state index in [9.17, 15) is 8.42 Å². The van der Waals surface area contributed by atoms with E-state index in [0.29, 0.717) is 24.9 Å². The first kappa shape index (κ1) is 10.7. The highest BCUT2D eigenvalue weighted by Crippen LogP contribution is 2.34. The van der Waals surface area contributed by atoms with Crippen LogP contribution in [0.5, 0.6) is 0 Å². The highest BCUT2D eigenvalue weighted by atomic mass is 35.5. The maximum Gasteiger partial charge on any atom is 0.216 e. The maximum absolute atomic E-state index is 11.8. The number of sulfonamides is 1. The van der Waals surface area contributed by atoms with Crippen LogP contribution in [0.25, 0.3) is 0 Å². The van der Waals surface area contributed by atoms with Crippen LogP contribution in [0.4, 0.5) is 0 Å². The van der Waals surface area contributed by atoms with Gasteiger partial charge in [-0.15, -0.1) is 11.6 Å². The van der Waals surface area contributed by atoms with Gasteiger partial charge < -0.3 is 0 Å². The van der Waals surface area contributed by atoms with Gasteiger partial charge in [0.1, 0.15) is 0 Å². The molecule has 0 radical (unpaired) electrons. The molecule has 1 aliphatic carbocycles. The molecule has 82 valence electrons. The molecule has 2 rings (SSSR count). The van der Waals surface area contributed by atoms with Crippen molar-refractivity contribution in [1.82, 2.24) is 4.31 Å². The van der Waals surface area contributed by atoms with Crippen LogP contribution in [0, 0.1) is 5.92 Å². The van der Waals surface area contributed by atoms with E-state index in [2.05, 4.69) is 0 Å². The second-order valence-corrected chi connectivity index (χ2v) is 6.83. The lowest BCUT2D eigenvalue weighted by molar-refractivity contribution is 0.452. The van der Waals surface area contributed by atoms with Gasteiger partial charge in [0.25, 0.3) is 0 Å². The van der Waals surface area contributed by atoms with E-state index in [1.54, 1.807) is 4.31 Å². The molecule has 0 aromatic rings. The van der Waals surface area contributed by atoms with Gasteiger partial charge in [0.05, 0.1) is 5.25 Å². The standard InChI is InChI=1S/C9H16ClNO2S/c10-5-3-8-4-6-11(7-8)14(12,13)9-1-2-9/h8-9H,1-7H2. The molecular formula is C9H16ClNO2S. The molecule has 1 aliphatic heterocycles. The lowest BCUT2D eigenvalue weighted by Crippen LogP contribution is -2.31. The largest absolute Gasteiger partial charge is 0.216 e. The number of halogens is 1. The van der Waals surface area contributed by atoms with Crippen molar-refractivity contribution in [2.75, 3.05) is 19.0 Å². The summed E-state index contributed by atoms with van der Waals surface area (Å²) in [5.74, 6) is 1.13. The van der Waals surface area contributed by atoms with Gasteiger partial charge in [0.15, 0.2) is 0 Å². The van der Waals surface area contributed by atoms with Crippen LogP contribution in [-0.2, 0) is 10.0 Å². The van der Waals surface area contributed by atoms with Gasteiger partial charge in [0, 0.05) is 19.0 Å². The Morgan fingerprint density at radius 1 is 1.29 bits per heavy atom. The zero-order valence-corrected chi connectivity index (χ0v) is 9.73. The number of hydrogen-bond donors (Lipinski definition) is 0. The number of alkyl halides is 1. The van der Waals surface area contributed by atoms with E-state index in [-0.39, 0.29) is 5.25 Å². The zero-order valence-electron chi connectivity index (χ0n) is 8.15. The number of rotatable bonds is 4. The average molecular weight is 238 g/mol. The fourth-order valence-corrected chi connectivity index (χ4v) is 4.24. The molecule has 1 saturated heterocycles. The van der Waals surface area contributed by atoms with E-state index in [1.807, 2.05) is 0 Å². The van der Waals surface area contributed by atoms with Crippen molar-refractivity contribution in [2.45, 2.75) is 30.9 Å². The Morgan fingerprint density at radius 3 is 2.57 bits per heavy atom. The van der Waals surface area contributed by atoms with E-state index < -0.39 is 10.0 Å². The smallest absolute Gasteiger partial charge is 0.212 e. The summed E-state index contributed by atoms with van der Waals surface area (Å²) in [5.41, 5.74) is 0. The third-order valence-corrected chi connectivity index (χ3v) is 5.65. The lowest BCUT2D eigenvalue weighted by Gasteiger charge is -2.15. The van der Waals surface area contributed by atoms with Crippen LogP contribution in [0.1, 0.15) is 25.7 Å². The lowest BCUT2D eigenvalue weighted by atomic mass is 10.1. The summed E-state index contributed by atoms with van der Waals surface area (Å²) in [5, 5.41) is -0.0581. The van der Waals surface area contributed by atoms with E-state index in [4.69, 9.17) is 11.6 Å². The molecule has 5 heteroatoms. The molecule has 0 bridgehead atoms. The van der Waals surface area contributed by atoms with Gasteiger partial charge >= 0.3 is 0 Å². The molecule has 1 atom stereocenters. The van der Waals surface area contributed by atoms with Gasteiger partial charge in [-0.25, -0.2) is 12.7 Å². The van der Waals surface area contributed by atoms with Gasteiger partial charge in [0.2, 0.25) is 10.0 Å². The average Bonchev–Trinajstić information content (AvgIpc) is 2.89. The highest BCUT2D eigenvalue weighted by Gasteiger charge is 2.42. The van der Waals surface area contributed by atoms with Crippen LogP contribution >= 0.6 is 11.6 Å². The zero-order chi connectivity index (χ0) is 10.2. The summed E-state index contributed by atoms with van der Waals surface area (Å²) < 4.78 is 25.3. The first-order chi connectivity index (χ1) is 6.64. The summed E-state index contributed by atoms with van der Waals surface area (Å²) in [6, 6.07) is 0. The Hall–Kier alpha value is 0.200. The van der Waals surface area contributed by atoms with Gasteiger partial charge in [-0.05, 0) is 31.6 Å². The van der Waals surface area contributed by atoms with Gasteiger partial charge in [-0.2, -0.15) is 0 Å². The minimum Gasteiger partial charge on any atom is -0.212 e. The summed E-state index contributed by atoms with van der Waals surface area (Å²) in [4.78, 5) is 0. The number of nitrogens with zero attached hydrogens (tertiary/aromatic N) is 1. The van der Waals surface area contributed by atoms with Gasteiger partial charge in [-0.3, -0.25) is 0 Å². The van der Waals surface area contributed by atoms with Crippen molar-refractivity contribution >= 4 is 21.6 Å². The minimum absolute atomic E-state index is 0.0581. The molecule has 0 amide bonds. The van der Waals surface area contributed by atoms with Crippen LogP contribution < -0.4 is 0 Å². The molecule has 0 N–H and O–H groups in total. The Labute approximate surface area is 90.5 Å². The summed E-state index contributed by atoms with van der Waals surface area (Å²) in [6.07, 6.45) is 3.65. The summed E-state index contributed by atoms with van der Waals surface area (Å²) in [7, 11) is -2.93. The topological polar surface area (TPSA) is 37.4 Å². The van der Waals surface area contributed by atoms with Crippen molar-refractivity contribution in [3.63, 3.8) is 0 Å². The quantitative estimate of drug-likeness (QED) is 0.694. The molecule has 0 spiro atoms. The predicted molar refractivity (Wildman–Crippen MR) is 57.0 cm³/mol. The van der Waals surface area contributed by atoms with E-state index in [0.717, 1.165) is 25.7 Å². The Morgan fingerprint density at radius 2 is 2.00 bits per heavy atom. The van der Waals surface area contributed by atoms with Crippen LogP contribution in [-0.4, -0.2) is 36.9 Å². The van der Waals surface area contributed by atoms with Crippen LogP contribution in [0.3, 0.4) is 0 Å². The van der Waals surface area contributed by atoms with Crippen LogP contribution in [0.15, 0.2) is 0 Å². The second kappa shape index (κ2) is 3.99. The first-order valence-corrected chi connectivity index (χ1v) is 7.23. The van der Waals surface area contributed by atoms with Crippen molar-refractivity contribution in [1.29, 1.82) is 0 Å². The van der Waals surface area contributed by atoms with Crippen molar-refractivity contribution in [3.05, 3.63) is 0 Å². The second-order valence-electron chi connectivity index (χ2n) is 4.23. The predicted octanol–water partition coefficient (Wildman–Crippen LogP) is 1.43. The summed E-state index contributed by atoms with van der Waals surface area (Å²) >= 11 is 5.65. The van der Waals surface area contributed by atoms with Crippen molar-refractivity contribution in [3.8, 4) is 0 Å². The molecule has 3 nitrogen and oxygen atoms in total. The van der Waals surface area contributed by atoms with Crippen LogP contribution in [0.2, 0.25) is 0 Å². The Balaban J connectivity index is 1.94. The molecule has 1 unspecified atom stereocenters. The fourth-order valence-electron chi connectivity index (χ4n) is 1.99. The van der Waals surface area contributed by atoms with Crippen molar-refractivity contribution in [2.24, 2.45) is 5.92 Å².